The summed E-state index contributed by atoms with van der Waals surface area (Å²) < 4.78 is 65.2. The van der Waals surface area contributed by atoms with Gasteiger partial charge in [0.25, 0.3) is 0 Å². The molecule has 0 N–H and O–H groups in total. The molecule has 69 heavy (non-hydrogen) atoms. The van der Waals surface area contributed by atoms with Crippen LogP contribution in [0.3, 0.4) is 0 Å². The van der Waals surface area contributed by atoms with E-state index >= 15 is 8.78 Å². The number of fused-ring (bicyclic) bond motifs is 6. The van der Waals surface area contributed by atoms with Gasteiger partial charge in [0.1, 0.15) is 36.6 Å². The van der Waals surface area contributed by atoms with Crippen molar-refractivity contribution in [2.24, 2.45) is 5.41 Å². The molecule has 4 saturated heterocycles. The maximum atomic E-state index is 18.6. The first kappa shape index (κ1) is 49.4. The minimum absolute atomic E-state index is 0.0317. The van der Waals surface area contributed by atoms with Gasteiger partial charge < -0.3 is 28.6 Å². The molecule has 14 heteroatoms. The quantitative estimate of drug-likeness (QED) is 0.0690. The number of likely N-dealkylation sites (tertiary alicyclic amines) is 1. The summed E-state index contributed by atoms with van der Waals surface area (Å²) in [6.07, 6.45) is 4.76. The molecule has 0 radical (unpaired) electrons. The molecule has 5 heterocycles. The Bertz CT molecular complexity index is 2640. The Morgan fingerprint density at radius 3 is 2.20 bits per heavy atom. The highest BCUT2D eigenvalue weighted by molar-refractivity contribution is 6.90. The van der Waals surface area contributed by atoms with Gasteiger partial charge in [-0.2, -0.15) is 9.97 Å². The largest absolute Gasteiger partial charge is 0.468 e. The number of anilines is 1. The molecule has 9 rings (SSSR count). The predicted octanol–water partition coefficient (Wildman–Crippen LogP) is 11.6. The minimum atomic E-state index is -2.32. The molecule has 1 aliphatic carbocycles. The zero-order valence-corrected chi connectivity index (χ0v) is 43.9. The van der Waals surface area contributed by atoms with E-state index in [1.165, 1.54) is 6.07 Å². The van der Waals surface area contributed by atoms with E-state index in [9.17, 15) is 4.79 Å². The lowest BCUT2D eigenvalue weighted by Crippen LogP contribution is -2.57. The van der Waals surface area contributed by atoms with Crippen molar-refractivity contribution < 1.29 is 37.3 Å². The van der Waals surface area contributed by atoms with Crippen LogP contribution in [0.2, 0.25) is 16.6 Å². The van der Waals surface area contributed by atoms with Crippen LogP contribution in [-0.4, -0.2) is 117 Å². The van der Waals surface area contributed by atoms with Crippen LogP contribution in [0.1, 0.15) is 125 Å². The number of ether oxygens (including phenoxy) is 5. The number of rotatable bonds is 14. The standard InChI is InChI=1S/C55H73F2N5O6Si/c1-32(2)43-24-45-50(49(57)48(43)44-23-40(67-31-64-12)21-36-13-16-46(56)42(47(36)44)17-20-69(33(3)4,34(5)6)35(7)8)58-52(66-30-55(18-19-55)29-61-27-41-22-39(61)28-65-41)59-51(45)60-25-37-14-15-38(26-60)62(37)53(63)68-54(9,10)11/h13,16,21,23-24,32-35,37-39,41H,14-15,18-19,22,25-31H2,1-12H3/t37?,38?,39-,41-/m0/s1. The summed E-state index contributed by atoms with van der Waals surface area (Å²) in [6, 6.07) is 9.14. The lowest BCUT2D eigenvalue weighted by atomic mass is 9.86. The van der Waals surface area contributed by atoms with Crippen molar-refractivity contribution in [3.8, 4) is 34.4 Å². The van der Waals surface area contributed by atoms with E-state index in [-0.39, 0.29) is 53.4 Å². The zero-order valence-electron chi connectivity index (χ0n) is 42.9. The molecular formula is C55H73F2N5O6Si. The molecule has 1 aromatic heterocycles. The summed E-state index contributed by atoms with van der Waals surface area (Å²) in [5.41, 5.74) is 5.87. The Balaban J connectivity index is 1.22. The SMILES string of the molecule is COCOc1cc(-c2c(C(C)C)cc3c(N4CC5CCC(C4)N5C(=O)OC(C)(C)C)nc(OCC4(CN5C[C@@H]6C[C@H]5CO6)CC4)nc3c2F)c2c(C#C[Si](C(C)C)(C(C)C)C(C)C)c(F)ccc2c1. The van der Waals surface area contributed by atoms with Crippen LogP contribution < -0.4 is 14.4 Å². The summed E-state index contributed by atoms with van der Waals surface area (Å²) in [5.74, 6) is 3.25. The van der Waals surface area contributed by atoms with E-state index in [1.54, 1.807) is 19.2 Å². The van der Waals surface area contributed by atoms with Crippen molar-refractivity contribution in [1.82, 2.24) is 19.8 Å². The Morgan fingerprint density at radius 2 is 1.62 bits per heavy atom. The van der Waals surface area contributed by atoms with Gasteiger partial charge in [0.15, 0.2) is 12.6 Å². The summed E-state index contributed by atoms with van der Waals surface area (Å²) >= 11 is 0. The van der Waals surface area contributed by atoms with Gasteiger partial charge in [0.2, 0.25) is 0 Å². The van der Waals surface area contributed by atoms with Gasteiger partial charge in [0.05, 0.1) is 37.0 Å². The first-order valence-electron chi connectivity index (χ1n) is 25.4. The number of carbonyl (C=O) groups is 1. The number of hydrogen-bond acceptors (Lipinski definition) is 10. The number of morpholine rings is 1. The second-order valence-corrected chi connectivity index (χ2v) is 28.5. The Labute approximate surface area is 408 Å². The normalized spacial score (nSPS) is 22.2. The van der Waals surface area contributed by atoms with Crippen LogP contribution in [0.15, 0.2) is 30.3 Å². The highest BCUT2D eigenvalue weighted by Gasteiger charge is 2.50. The molecule has 372 valence electrons. The van der Waals surface area contributed by atoms with E-state index in [0.717, 1.165) is 51.8 Å². The van der Waals surface area contributed by atoms with Gasteiger partial charge in [-0.05, 0) is 116 Å². The average Bonchev–Trinajstić information content (AvgIpc) is 3.56. The molecule has 4 aliphatic heterocycles. The monoisotopic (exact) mass is 966 g/mol. The molecule has 1 amide bonds. The Kier molecular flexibility index (Phi) is 13.5. The second kappa shape index (κ2) is 18.9. The van der Waals surface area contributed by atoms with Gasteiger partial charge in [0, 0.05) is 61.1 Å². The third-order valence-electron chi connectivity index (χ3n) is 15.9. The third-order valence-corrected chi connectivity index (χ3v) is 22.2. The van der Waals surface area contributed by atoms with Crippen molar-refractivity contribution in [3.05, 3.63) is 53.1 Å². The number of amides is 1. The molecule has 0 spiro atoms. The van der Waals surface area contributed by atoms with Crippen molar-refractivity contribution in [2.45, 2.75) is 161 Å². The molecule has 4 atom stereocenters. The maximum absolute atomic E-state index is 18.6. The van der Waals surface area contributed by atoms with Gasteiger partial charge >= 0.3 is 12.1 Å². The predicted molar refractivity (Wildman–Crippen MR) is 271 cm³/mol. The number of nitrogens with zero attached hydrogens (tertiary/aromatic N) is 5. The van der Waals surface area contributed by atoms with E-state index in [2.05, 4.69) is 62.8 Å². The number of aromatic nitrogens is 2. The van der Waals surface area contributed by atoms with E-state index in [0.29, 0.717) is 92.9 Å². The molecule has 5 aliphatic rings. The Hall–Kier alpha value is -4.55. The molecule has 2 unspecified atom stereocenters. The van der Waals surface area contributed by atoms with Gasteiger partial charge in [-0.25, -0.2) is 13.6 Å². The average molecular weight is 966 g/mol. The third kappa shape index (κ3) is 9.42. The van der Waals surface area contributed by atoms with Gasteiger partial charge in [-0.1, -0.05) is 67.4 Å². The van der Waals surface area contributed by atoms with Crippen LogP contribution in [0, 0.1) is 28.5 Å². The second-order valence-electron chi connectivity index (χ2n) is 23.0. The fourth-order valence-electron chi connectivity index (χ4n) is 12.3. The molecule has 3 aromatic carbocycles. The highest BCUT2D eigenvalue weighted by Crippen LogP contribution is 2.50. The van der Waals surface area contributed by atoms with Crippen LogP contribution in [0.25, 0.3) is 32.8 Å². The van der Waals surface area contributed by atoms with Crippen LogP contribution in [0.5, 0.6) is 11.8 Å². The van der Waals surface area contributed by atoms with Crippen molar-refractivity contribution in [2.75, 3.05) is 58.2 Å². The number of hydrogen-bond donors (Lipinski definition) is 0. The molecule has 4 aromatic rings. The molecule has 1 saturated carbocycles. The summed E-state index contributed by atoms with van der Waals surface area (Å²) in [7, 11) is -0.774. The molecule has 11 nitrogen and oxygen atoms in total. The van der Waals surface area contributed by atoms with Gasteiger partial charge in [-0.15, -0.1) is 5.54 Å². The van der Waals surface area contributed by atoms with Crippen molar-refractivity contribution in [1.29, 1.82) is 0 Å². The van der Waals surface area contributed by atoms with Crippen molar-refractivity contribution in [3.63, 3.8) is 0 Å². The number of piperazine rings is 1. The molecular weight excluding hydrogens is 893 g/mol. The number of carbonyl (C=O) groups excluding carboxylic acids is 1. The van der Waals surface area contributed by atoms with Crippen LogP contribution in [-0.2, 0) is 14.2 Å². The first-order valence-corrected chi connectivity index (χ1v) is 27.7. The summed E-state index contributed by atoms with van der Waals surface area (Å²) in [4.78, 5) is 30.4. The smallest absolute Gasteiger partial charge is 0.410 e. The number of halogens is 2. The lowest BCUT2D eigenvalue weighted by molar-refractivity contribution is 0.0122. The first-order chi connectivity index (χ1) is 32.7. The minimum Gasteiger partial charge on any atom is -0.468 e. The fourth-order valence-corrected chi connectivity index (χ4v) is 17.5. The lowest BCUT2D eigenvalue weighted by Gasteiger charge is -2.42. The van der Waals surface area contributed by atoms with Crippen LogP contribution >= 0.6 is 0 Å². The number of benzene rings is 3. The highest BCUT2D eigenvalue weighted by atomic mass is 28.3. The van der Waals surface area contributed by atoms with Gasteiger partial charge in [-0.3, -0.25) is 9.80 Å². The zero-order chi connectivity index (χ0) is 49.3. The van der Waals surface area contributed by atoms with E-state index in [1.807, 2.05) is 51.7 Å². The fraction of sp³-hybridized carbons (Fsp3) is 0.618. The van der Waals surface area contributed by atoms with Crippen LogP contribution in [0.4, 0.5) is 19.4 Å². The van der Waals surface area contributed by atoms with E-state index < -0.39 is 25.3 Å². The number of methoxy groups -OCH3 is 1. The molecule has 5 fully saturated rings. The maximum Gasteiger partial charge on any atom is 0.410 e. The summed E-state index contributed by atoms with van der Waals surface area (Å²) in [6.45, 7) is 27.1. The summed E-state index contributed by atoms with van der Waals surface area (Å²) in [5, 5.41) is 1.74. The Morgan fingerprint density at radius 1 is 0.928 bits per heavy atom. The topological polar surface area (TPSA) is 98.7 Å². The van der Waals surface area contributed by atoms with E-state index in [4.69, 9.17) is 33.7 Å². The molecule has 4 bridgehead atoms. The van der Waals surface area contributed by atoms with Crippen molar-refractivity contribution >= 4 is 41.7 Å².